The van der Waals surface area contributed by atoms with Crippen molar-refractivity contribution < 1.29 is 26.0 Å². The molecule has 0 saturated heterocycles. The van der Waals surface area contributed by atoms with Gasteiger partial charge in [0.05, 0.1) is 17.6 Å². The number of hydrogen-bond acceptors (Lipinski definition) is 5. The van der Waals surface area contributed by atoms with Crippen LogP contribution in [0.2, 0.25) is 0 Å². The molecule has 3 aromatic rings. The Kier molecular flexibility index (Phi) is 6.19. The van der Waals surface area contributed by atoms with E-state index in [9.17, 15) is 26.0 Å². The van der Waals surface area contributed by atoms with Gasteiger partial charge < -0.3 is 10.3 Å². The normalized spacial score (nSPS) is 13.2. The van der Waals surface area contributed by atoms with Gasteiger partial charge in [0.25, 0.3) is 0 Å². The Morgan fingerprint density at radius 2 is 1.94 bits per heavy atom. The van der Waals surface area contributed by atoms with Gasteiger partial charge in [-0.05, 0) is 36.8 Å². The highest BCUT2D eigenvalue weighted by Crippen LogP contribution is 2.33. The van der Waals surface area contributed by atoms with Crippen molar-refractivity contribution in [3.63, 3.8) is 0 Å². The molecule has 0 aliphatic rings. The number of alkyl halides is 3. The second-order valence-electron chi connectivity index (χ2n) is 7.05. The lowest BCUT2D eigenvalue weighted by Gasteiger charge is -2.08. The van der Waals surface area contributed by atoms with Crippen LogP contribution in [0.5, 0.6) is 0 Å². The van der Waals surface area contributed by atoms with Crippen molar-refractivity contribution in [2.24, 2.45) is 5.73 Å². The average Bonchev–Trinajstić information content (AvgIpc) is 2.92. The van der Waals surface area contributed by atoms with Crippen LogP contribution in [0.4, 0.5) is 17.6 Å². The number of nitrogens with zero attached hydrogens (tertiary/aromatic N) is 3. The van der Waals surface area contributed by atoms with E-state index in [0.29, 0.717) is 22.3 Å². The summed E-state index contributed by atoms with van der Waals surface area (Å²) in [4.78, 5) is 7.72. The third-order valence-electron chi connectivity index (χ3n) is 4.79. The van der Waals surface area contributed by atoms with Gasteiger partial charge in [-0.2, -0.15) is 13.2 Å². The number of fused-ring (bicyclic) bond motifs is 1. The third-order valence-corrected chi connectivity index (χ3v) is 5.79. The number of hydrogen-bond donors (Lipinski definition) is 1. The van der Waals surface area contributed by atoms with Crippen molar-refractivity contribution in [2.75, 3.05) is 12.8 Å². The molecule has 0 amide bonds. The first-order valence-electron chi connectivity index (χ1n) is 9.17. The lowest BCUT2D eigenvalue weighted by molar-refractivity contribution is -0.140. The molecule has 2 N–H and O–H groups in total. The van der Waals surface area contributed by atoms with Gasteiger partial charge in [0.1, 0.15) is 11.5 Å². The molecule has 3 heterocycles. The summed E-state index contributed by atoms with van der Waals surface area (Å²) in [5, 5.41) is -0.109. The van der Waals surface area contributed by atoms with Gasteiger partial charge in [-0.1, -0.05) is 6.07 Å². The predicted molar refractivity (Wildman–Crippen MR) is 108 cm³/mol. The van der Waals surface area contributed by atoms with Crippen LogP contribution in [0.15, 0.2) is 47.4 Å². The van der Waals surface area contributed by atoms with Gasteiger partial charge in [0, 0.05) is 36.7 Å². The van der Waals surface area contributed by atoms with Crippen LogP contribution >= 0.6 is 0 Å². The minimum atomic E-state index is -4.63. The van der Waals surface area contributed by atoms with E-state index in [0.717, 1.165) is 12.3 Å². The first-order chi connectivity index (χ1) is 14.4. The summed E-state index contributed by atoms with van der Waals surface area (Å²) >= 11 is 0. The lowest BCUT2D eigenvalue weighted by Crippen LogP contribution is -2.08. The average molecular weight is 456 g/mol. The first kappa shape index (κ1) is 22.9. The summed E-state index contributed by atoms with van der Waals surface area (Å²) in [6.07, 6.45) is -0.926. The summed E-state index contributed by atoms with van der Waals surface area (Å²) in [5.41, 5.74) is 6.31. The number of rotatable bonds is 6. The number of allylic oxidation sites excluding steroid dienone is 1. The fraction of sp³-hybridized carbons (Fsp3) is 0.300. The van der Waals surface area contributed by atoms with Gasteiger partial charge in [0.2, 0.25) is 0 Å². The summed E-state index contributed by atoms with van der Waals surface area (Å²) in [6, 6.07) is 4.99. The third kappa shape index (κ3) is 4.93. The molecule has 0 bridgehead atoms. The van der Waals surface area contributed by atoms with Crippen LogP contribution in [-0.4, -0.2) is 35.8 Å². The minimum Gasteiger partial charge on any atom is -0.336 e. The topological polar surface area (TPSA) is 90.9 Å². The molecule has 0 fully saturated rings. The number of aromatic nitrogens is 3. The van der Waals surface area contributed by atoms with Gasteiger partial charge in [-0.25, -0.2) is 22.8 Å². The van der Waals surface area contributed by atoms with Crippen LogP contribution in [0, 0.1) is 6.92 Å². The Morgan fingerprint density at radius 3 is 2.48 bits per heavy atom. The quantitative estimate of drug-likeness (QED) is 0.573. The number of pyridine rings is 2. The van der Waals surface area contributed by atoms with Crippen LogP contribution < -0.4 is 5.73 Å². The highest BCUT2D eigenvalue weighted by Gasteiger charge is 2.33. The minimum absolute atomic E-state index is 0.00817. The van der Waals surface area contributed by atoms with Crippen LogP contribution in [0.25, 0.3) is 11.0 Å². The Bertz CT molecular complexity index is 1250. The molecular formula is C20H20F4N4O2S. The predicted octanol–water partition coefficient (Wildman–Crippen LogP) is 3.56. The van der Waals surface area contributed by atoms with E-state index in [4.69, 9.17) is 5.73 Å². The maximum absolute atomic E-state index is 14.2. The molecule has 6 nitrogen and oxygen atoms in total. The molecule has 0 unspecified atom stereocenters. The highest BCUT2D eigenvalue weighted by atomic mass is 32.2. The summed E-state index contributed by atoms with van der Waals surface area (Å²) in [6.45, 7) is 1.46. The number of nitrogens with two attached hydrogens (primary N) is 1. The standard InChI is InChI=1S/C20H20F4N4O2S/c1-12-15(9-13-3-6-18(26-10-13)31(2,29)30)19-16(28(12)11-14(21)7-8-25)4-5-17(27-19)20(22,23)24/h3-7,10H,8-9,11,25H2,1-2H3/b14-7-. The van der Waals surface area contributed by atoms with Gasteiger partial charge in [-0.3, -0.25) is 0 Å². The van der Waals surface area contributed by atoms with E-state index in [1.54, 1.807) is 6.92 Å². The van der Waals surface area contributed by atoms with E-state index in [1.165, 1.54) is 35.0 Å². The zero-order valence-corrected chi connectivity index (χ0v) is 17.6. The lowest BCUT2D eigenvalue weighted by atomic mass is 10.1. The largest absolute Gasteiger partial charge is 0.433 e. The zero-order valence-electron chi connectivity index (χ0n) is 16.7. The molecule has 0 radical (unpaired) electrons. The van der Waals surface area contributed by atoms with Crippen LogP contribution in [0.3, 0.4) is 0 Å². The van der Waals surface area contributed by atoms with E-state index in [1.807, 2.05) is 0 Å². The van der Waals surface area contributed by atoms with E-state index in [2.05, 4.69) is 9.97 Å². The van der Waals surface area contributed by atoms with E-state index < -0.39 is 27.5 Å². The Balaban J connectivity index is 2.14. The molecular weight excluding hydrogens is 436 g/mol. The summed E-state index contributed by atoms with van der Waals surface area (Å²) in [5.74, 6) is -0.520. The molecule has 0 aliphatic carbocycles. The molecule has 0 aromatic carbocycles. The second kappa shape index (κ2) is 8.39. The maximum Gasteiger partial charge on any atom is 0.433 e. The molecule has 0 aliphatic heterocycles. The van der Waals surface area contributed by atoms with Gasteiger partial charge in [0.15, 0.2) is 14.9 Å². The van der Waals surface area contributed by atoms with Gasteiger partial charge in [-0.15, -0.1) is 0 Å². The van der Waals surface area contributed by atoms with Gasteiger partial charge >= 0.3 is 6.18 Å². The van der Waals surface area contributed by atoms with E-state index >= 15 is 0 Å². The van der Waals surface area contributed by atoms with Crippen molar-refractivity contribution >= 4 is 20.9 Å². The van der Waals surface area contributed by atoms with Crippen molar-refractivity contribution in [1.82, 2.24) is 14.5 Å². The first-order valence-corrected chi connectivity index (χ1v) is 11.1. The highest BCUT2D eigenvalue weighted by molar-refractivity contribution is 7.90. The Hall–Kier alpha value is -2.79. The van der Waals surface area contributed by atoms with E-state index in [-0.39, 0.29) is 30.1 Å². The molecule has 166 valence electrons. The monoisotopic (exact) mass is 456 g/mol. The fourth-order valence-corrected chi connectivity index (χ4v) is 3.82. The number of halogens is 4. The van der Waals surface area contributed by atoms with Crippen LogP contribution in [0.1, 0.15) is 22.5 Å². The molecule has 0 saturated carbocycles. The molecule has 0 spiro atoms. The van der Waals surface area contributed by atoms with Crippen molar-refractivity contribution in [3.8, 4) is 0 Å². The second-order valence-corrected chi connectivity index (χ2v) is 9.02. The number of sulfone groups is 1. The zero-order chi connectivity index (χ0) is 23.0. The SMILES string of the molecule is Cc1c(Cc2ccc(S(C)(=O)=O)nc2)c2nc(C(F)(F)F)ccc2n1C/C(F)=C/CN. The van der Waals surface area contributed by atoms with Crippen molar-refractivity contribution in [1.29, 1.82) is 0 Å². The molecule has 3 aromatic heterocycles. The molecule has 0 atom stereocenters. The Morgan fingerprint density at radius 1 is 1.23 bits per heavy atom. The molecule has 11 heteroatoms. The Labute approximate surface area is 176 Å². The maximum atomic E-state index is 14.2. The van der Waals surface area contributed by atoms with Crippen molar-refractivity contribution in [3.05, 3.63) is 64.9 Å². The fourth-order valence-electron chi connectivity index (χ4n) is 3.26. The molecule has 31 heavy (non-hydrogen) atoms. The summed E-state index contributed by atoms with van der Waals surface area (Å²) < 4.78 is 78.6. The van der Waals surface area contributed by atoms with Crippen molar-refractivity contribution in [2.45, 2.75) is 31.1 Å². The smallest absolute Gasteiger partial charge is 0.336 e. The molecule has 3 rings (SSSR count). The summed E-state index contributed by atoms with van der Waals surface area (Å²) in [7, 11) is -3.48. The van der Waals surface area contributed by atoms with Crippen LogP contribution in [-0.2, 0) is 29.0 Å².